The van der Waals surface area contributed by atoms with Crippen LogP contribution < -0.4 is 0 Å². The second kappa shape index (κ2) is 5.93. The Morgan fingerprint density at radius 3 is 2.50 bits per heavy atom. The van der Waals surface area contributed by atoms with Gasteiger partial charge in [0.1, 0.15) is 6.54 Å². The molecule has 6 heteroatoms. The molecule has 102 valence electrons. The van der Waals surface area contributed by atoms with Gasteiger partial charge in [-0.1, -0.05) is 11.8 Å². The van der Waals surface area contributed by atoms with Gasteiger partial charge >= 0.3 is 0 Å². The Bertz CT molecular complexity index is 327. The minimum atomic E-state index is 0.0477. The third-order valence-electron chi connectivity index (χ3n) is 3.72. The molecule has 0 saturated carbocycles. The molecule has 0 aromatic carbocycles. The highest BCUT2D eigenvalue weighted by Gasteiger charge is 2.28. The van der Waals surface area contributed by atoms with Crippen LogP contribution in [0.5, 0.6) is 0 Å². The topological polar surface area (TPSA) is 43.9 Å². The Morgan fingerprint density at radius 2 is 2.00 bits per heavy atom. The normalized spacial score (nSPS) is 22.1. The van der Waals surface area contributed by atoms with Crippen LogP contribution in [0, 0.1) is 0 Å². The first-order valence-electron chi connectivity index (χ1n) is 6.44. The van der Waals surface area contributed by atoms with Crippen molar-refractivity contribution in [3.8, 4) is 0 Å². The average molecular weight is 271 g/mol. The van der Waals surface area contributed by atoms with Gasteiger partial charge in [-0.25, -0.2) is 0 Å². The fourth-order valence-electron chi connectivity index (χ4n) is 2.46. The highest BCUT2D eigenvalue weighted by atomic mass is 32.2. The van der Waals surface area contributed by atoms with Crippen LogP contribution in [0.4, 0.5) is 4.79 Å². The van der Waals surface area contributed by atoms with Crippen LogP contribution in [-0.2, 0) is 4.79 Å². The van der Waals surface area contributed by atoms with Crippen LogP contribution in [0.1, 0.15) is 12.8 Å². The van der Waals surface area contributed by atoms with Crippen molar-refractivity contribution in [1.82, 2.24) is 14.7 Å². The molecule has 2 rings (SSSR count). The molecule has 2 saturated heterocycles. The van der Waals surface area contributed by atoms with Crippen LogP contribution in [-0.4, -0.2) is 77.9 Å². The number of likely N-dealkylation sites (tertiary alicyclic amines) is 1. The van der Waals surface area contributed by atoms with Crippen molar-refractivity contribution in [3.05, 3.63) is 0 Å². The summed E-state index contributed by atoms with van der Waals surface area (Å²) in [4.78, 5) is 29.3. The van der Waals surface area contributed by atoms with E-state index in [0.29, 0.717) is 12.6 Å². The summed E-state index contributed by atoms with van der Waals surface area (Å²) in [6.45, 7) is 2.61. The van der Waals surface area contributed by atoms with E-state index in [-0.39, 0.29) is 17.7 Å². The quantitative estimate of drug-likeness (QED) is 0.758. The van der Waals surface area contributed by atoms with Gasteiger partial charge in [-0.3, -0.25) is 9.59 Å². The van der Waals surface area contributed by atoms with Gasteiger partial charge < -0.3 is 14.7 Å². The van der Waals surface area contributed by atoms with Crippen LogP contribution in [0.3, 0.4) is 0 Å². The zero-order valence-electron chi connectivity index (χ0n) is 11.1. The zero-order chi connectivity index (χ0) is 13.1. The van der Waals surface area contributed by atoms with E-state index in [0.717, 1.165) is 31.7 Å². The first kappa shape index (κ1) is 13.7. The Morgan fingerprint density at radius 1 is 1.33 bits per heavy atom. The molecule has 2 aliphatic rings. The summed E-state index contributed by atoms with van der Waals surface area (Å²) in [5.74, 6) is 0.914. The van der Waals surface area contributed by atoms with Crippen molar-refractivity contribution in [3.63, 3.8) is 0 Å². The number of carbonyl (C=O) groups is 2. The summed E-state index contributed by atoms with van der Waals surface area (Å²) in [7, 11) is 4.17. The smallest absolute Gasteiger partial charge is 0.282 e. The van der Waals surface area contributed by atoms with E-state index in [4.69, 9.17) is 0 Å². The number of amides is 2. The SMILES string of the molecule is CN(C)C1CCN(C(=O)CN2CCSC2=O)CC1. The molecule has 2 heterocycles. The second-order valence-corrected chi connectivity index (χ2v) is 6.16. The number of carbonyl (C=O) groups excluding carboxylic acids is 2. The van der Waals surface area contributed by atoms with Crippen LogP contribution in [0.2, 0.25) is 0 Å². The minimum absolute atomic E-state index is 0.0477. The number of rotatable bonds is 3. The van der Waals surface area contributed by atoms with Gasteiger partial charge in [-0.15, -0.1) is 0 Å². The molecule has 0 bridgehead atoms. The summed E-state index contributed by atoms with van der Waals surface area (Å²) >= 11 is 1.31. The molecule has 0 N–H and O–H groups in total. The number of hydrogen-bond acceptors (Lipinski definition) is 4. The molecule has 2 aliphatic heterocycles. The van der Waals surface area contributed by atoms with E-state index < -0.39 is 0 Å². The van der Waals surface area contributed by atoms with Gasteiger partial charge in [-0.05, 0) is 26.9 Å². The first-order chi connectivity index (χ1) is 8.58. The highest BCUT2D eigenvalue weighted by molar-refractivity contribution is 8.13. The molecule has 2 fully saturated rings. The molecule has 0 aromatic rings. The lowest BCUT2D eigenvalue weighted by Gasteiger charge is -2.35. The average Bonchev–Trinajstić information content (AvgIpc) is 2.75. The zero-order valence-corrected chi connectivity index (χ0v) is 11.9. The lowest BCUT2D eigenvalue weighted by molar-refractivity contribution is -0.133. The van der Waals surface area contributed by atoms with Crippen molar-refractivity contribution in [1.29, 1.82) is 0 Å². The number of piperidine rings is 1. The van der Waals surface area contributed by atoms with Crippen molar-refractivity contribution in [2.75, 3.05) is 46.0 Å². The number of nitrogens with zero attached hydrogens (tertiary/aromatic N) is 3. The van der Waals surface area contributed by atoms with Crippen molar-refractivity contribution in [2.45, 2.75) is 18.9 Å². The van der Waals surface area contributed by atoms with Crippen LogP contribution >= 0.6 is 11.8 Å². The molecule has 2 amide bonds. The molecule has 0 radical (unpaired) electrons. The van der Waals surface area contributed by atoms with Crippen molar-refractivity contribution in [2.24, 2.45) is 0 Å². The molecule has 0 unspecified atom stereocenters. The number of thioether (sulfide) groups is 1. The predicted molar refractivity (Wildman–Crippen MR) is 72.7 cm³/mol. The summed E-state index contributed by atoms with van der Waals surface area (Å²) in [5, 5.41) is 0.0477. The molecule has 0 aromatic heterocycles. The second-order valence-electron chi connectivity index (χ2n) is 5.11. The fourth-order valence-corrected chi connectivity index (χ4v) is 3.29. The maximum atomic E-state index is 12.1. The standard InChI is InChI=1S/C12H21N3O2S/c1-13(2)10-3-5-14(6-4-10)11(16)9-15-7-8-18-12(15)17/h10H,3-9H2,1-2H3. The van der Waals surface area contributed by atoms with Crippen LogP contribution in [0.15, 0.2) is 0 Å². The van der Waals surface area contributed by atoms with Crippen LogP contribution in [0.25, 0.3) is 0 Å². The Balaban J connectivity index is 1.79. The third-order valence-corrected chi connectivity index (χ3v) is 4.61. The van der Waals surface area contributed by atoms with Gasteiger partial charge in [0.2, 0.25) is 5.91 Å². The summed E-state index contributed by atoms with van der Waals surface area (Å²) < 4.78 is 0. The van der Waals surface area contributed by atoms with E-state index in [1.165, 1.54) is 11.8 Å². The van der Waals surface area contributed by atoms with Gasteiger partial charge in [0.25, 0.3) is 5.24 Å². The minimum Gasteiger partial charge on any atom is -0.341 e. The fraction of sp³-hybridized carbons (Fsp3) is 0.833. The molecule has 0 spiro atoms. The Hall–Kier alpha value is -0.750. The van der Waals surface area contributed by atoms with Crippen molar-refractivity contribution >= 4 is 22.9 Å². The van der Waals surface area contributed by atoms with E-state index in [9.17, 15) is 9.59 Å². The summed E-state index contributed by atoms with van der Waals surface area (Å²) in [5.41, 5.74) is 0. The molecule has 5 nitrogen and oxygen atoms in total. The third kappa shape index (κ3) is 3.17. The van der Waals surface area contributed by atoms with E-state index >= 15 is 0 Å². The van der Waals surface area contributed by atoms with E-state index in [1.54, 1.807) is 4.90 Å². The number of hydrogen-bond donors (Lipinski definition) is 0. The molecule has 0 atom stereocenters. The molecular weight excluding hydrogens is 250 g/mol. The first-order valence-corrected chi connectivity index (χ1v) is 7.42. The van der Waals surface area contributed by atoms with Gasteiger partial charge in [0.05, 0.1) is 0 Å². The lowest BCUT2D eigenvalue weighted by atomic mass is 10.0. The monoisotopic (exact) mass is 271 g/mol. The Labute approximate surface area is 112 Å². The highest BCUT2D eigenvalue weighted by Crippen LogP contribution is 2.18. The van der Waals surface area contributed by atoms with Gasteiger partial charge in [0, 0.05) is 31.4 Å². The molecule has 18 heavy (non-hydrogen) atoms. The predicted octanol–water partition coefficient (Wildman–Crippen LogP) is 0.708. The molecular formula is C12H21N3O2S. The summed E-state index contributed by atoms with van der Waals surface area (Å²) in [6.07, 6.45) is 2.06. The molecule has 0 aliphatic carbocycles. The van der Waals surface area contributed by atoms with Gasteiger partial charge in [-0.2, -0.15) is 0 Å². The lowest BCUT2D eigenvalue weighted by Crippen LogP contribution is -2.47. The summed E-state index contributed by atoms with van der Waals surface area (Å²) in [6, 6.07) is 0.582. The van der Waals surface area contributed by atoms with E-state index in [2.05, 4.69) is 19.0 Å². The maximum Gasteiger partial charge on any atom is 0.282 e. The largest absolute Gasteiger partial charge is 0.341 e. The van der Waals surface area contributed by atoms with E-state index in [1.807, 2.05) is 4.90 Å². The van der Waals surface area contributed by atoms with Crippen molar-refractivity contribution < 1.29 is 9.59 Å². The Kier molecular flexibility index (Phi) is 4.50. The maximum absolute atomic E-state index is 12.1. The van der Waals surface area contributed by atoms with Gasteiger partial charge in [0.15, 0.2) is 0 Å².